The molecule has 6 heteroatoms. The van der Waals surface area contributed by atoms with Gasteiger partial charge >= 0.3 is 0 Å². The lowest BCUT2D eigenvalue weighted by Gasteiger charge is -2.33. The van der Waals surface area contributed by atoms with E-state index in [4.69, 9.17) is 0 Å². The van der Waals surface area contributed by atoms with E-state index in [0.29, 0.717) is 30.5 Å². The lowest BCUT2D eigenvalue weighted by atomic mass is 9.84. The summed E-state index contributed by atoms with van der Waals surface area (Å²) < 4.78 is 40.4. The first-order chi connectivity index (χ1) is 10.5. The van der Waals surface area contributed by atoms with Crippen molar-refractivity contribution in [1.82, 2.24) is 9.62 Å². The highest BCUT2D eigenvalue weighted by Gasteiger charge is 2.33. The van der Waals surface area contributed by atoms with Crippen molar-refractivity contribution < 1.29 is 12.8 Å². The Kier molecular flexibility index (Phi) is 4.52. The van der Waals surface area contributed by atoms with Crippen molar-refractivity contribution in [2.24, 2.45) is 11.8 Å². The Morgan fingerprint density at radius 3 is 2.50 bits per heavy atom. The van der Waals surface area contributed by atoms with Crippen LogP contribution in [0.15, 0.2) is 23.1 Å². The molecule has 2 fully saturated rings. The van der Waals surface area contributed by atoms with Gasteiger partial charge in [0.05, 0.1) is 4.90 Å². The molecule has 22 heavy (non-hydrogen) atoms. The number of halogens is 1. The monoisotopic (exact) mass is 326 g/mol. The molecule has 1 N–H and O–H groups in total. The van der Waals surface area contributed by atoms with Gasteiger partial charge in [0.1, 0.15) is 5.82 Å². The molecule has 2 saturated heterocycles. The topological polar surface area (TPSA) is 49.4 Å². The summed E-state index contributed by atoms with van der Waals surface area (Å²) in [6.45, 7) is 4.84. The molecule has 0 saturated carbocycles. The minimum absolute atomic E-state index is 0.0663. The fourth-order valence-corrected chi connectivity index (χ4v) is 5.03. The van der Waals surface area contributed by atoms with Crippen LogP contribution in [0.3, 0.4) is 0 Å². The van der Waals surface area contributed by atoms with E-state index in [1.807, 2.05) is 0 Å². The second-order valence-corrected chi connectivity index (χ2v) is 8.34. The quantitative estimate of drug-likeness (QED) is 0.926. The molecule has 3 rings (SSSR count). The molecule has 1 aromatic carbocycles. The minimum atomic E-state index is -3.57. The number of rotatable bonds is 3. The van der Waals surface area contributed by atoms with Crippen molar-refractivity contribution in [2.75, 3.05) is 26.2 Å². The van der Waals surface area contributed by atoms with Gasteiger partial charge in [-0.3, -0.25) is 0 Å². The van der Waals surface area contributed by atoms with Crippen LogP contribution in [0.2, 0.25) is 0 Å². The van der Waals surface area contributed by atoms with Crippen LogP contribution in [0.5, 0.6) is 0 Å². The maximum atomic E-state index is 13.7. The Morgan fingerprint density at radius 1 is 1.18 bits per heavy atom. The minimum Gasteiger partial charge on any atom is -0.316 e. The van der Waals surface area contributed by atoms with Crippen LogP contribution in [0.1, 0.15) is 24.8 Å². The van der Waals surface area contributed by atoms with E-state index in [1.54, 1.807) is 6.92 Å². The Balaban J connectivity index is 1.70. The maximum absolute atomic E-state index is 13.7. The second kappa shape index (κ2) is 6.26. The summed E-state index contributed by atoms with van der Waals surface area (Å²) in [5, 5.41) is 3.37. The molecule has 0 radical (unpaired) electrons. The average molecular weight is 326 g/mol. The van der Waals surface area contributed by atoms with Gasteiger partial charge < -0.3 is 5.32 Å². The molecule has 4 nitrogen and oxygen atoms in total. The molecule has 0 amide bonds. The molecule has 0 spiro atoms. The molecule has 1 unspecified atom stereocenters. The molecule has 2 heterocycles. The fraction of sp³-hybridized carbons (Fsp3) is 0.625. The molecule has 0 bridgehead atoms. The van der Waals surface area contributed by atoms with Crippen LogP contribution >= 0.6 is 0 Å². The number of hydrogen-bond donors (Lipinski definition) is 1. The zero-order valence-corrected chi connectivity index (χ0v) is 13.7. The summed E-state index contributed by atoms with van der Waals surface area (Å²) >= 11 is 0. The Bertz CT molecular complexity index is 634. The Hall–Kier alpha value is -0.980. The number of aryl methyl sites for hydroxylation is 1. The number of hydrogen-bond acceptors (Lipinski definition) is 3. The van der Waals surface area contributed by atoms with Crippen molar-refractivity contribution >= 4 is 10.0 Å². The zero-order valence-electron chi connectivity index (χ0n) is 12.9. The number of sulfonamides is 1. The van der Waals surface area contributed by atoms with Crippen LogP contribution in [-0.2, 0) is 10.0 Å². The van der Waals surface area contributed by atoms with Crippen molar-refractivity contribution in [3.05, 3.63) is 29.6 Å². The first kappa shape index (κ1) is 15.9. The van der Waals surface area contributed by atoms with E-state index in [-0.39, 0.29) is 4.90 Å². The Morgan fingerprint density at radius 2 is 1.91 bits per heavy atom. The van der Waals surface area contributed by atoms with E-state index in [1.165, 1.54) is 22.9 Å². The first-order valence-electron chi connectivity index (χ1n) is 7.95. The van der Waals surface area contributed by atoms with Gasteiger partial charge in [-0.05, 0) is 68.8 Å². The summed E-state index contributed by atoms with van der Waals surface area (Å²) in [5.41, 5.74) is 0.464. The number of piperidine rings is 1. The van der Waals surface area contributed by atoms with Crippen molar-refractivity contribution in [2.45, 2.75) is 31.1 Å². The fourth-order valence-electron chi connectivity index (χ4n) is 3.55. The summed E-state index contributed by atoms with van der Waals surface area (Å²) in [6, 6.07) is 4.16. The second-order valence-electron chi connectivity index (χ2n) is 6.41. The zero-order chi connectivity index (χ0) is 15.7. The van der Waals surface area contributed by atoms with Gasteiger partial charge in [0.25, 0.3) is 0 Å². The number of benzene rings is 1. The molecular formula is C16H23FN2O2S. The van der Waals surface area contributed by atoms with Gasteiger partial charge in [-0.2, -0.15) is 4.31 Å². The summed E-state index contributed by atoms with van der Waals surface area (Å²) in [6.07, 6.45) is 3.00. The number of nitrogens with one attached hydrogen (secondary N) is 1. The predicted octanol–water partition coefficient (Wildman–Crippen LogP) is 2.14. The highest BCUT2D eigenvalue weighted by Crippen LogP contribution is 2.31. The molecule has 1 aromatic rings. The molecule has 122 valence electrons. The maximum Gasteiger partial charge on any atom is 0.243 e. The molecule has 2 aliphatic rings. The van der Waals surface area contributed by atoms with Crippen molar-refractivity contribution in [1.29, 1.82) is 0 Å². The van der Waals surface area contributed by atoms with Crippen LogP contribution in [0.4, 0.5) is 4.39 Å². The van der Waals surface area contributed by atoms with E-state index in [0.717, 1.165) is 32.0 Å². The van der Waals surface area contributed by atoms with E-state index in [9.17, 15) is 12.8 Å². The highest BCUT2D eigenvalue weighted by atomic mass is 32.2. The first-order valence-corrected chi connectivity index (χ1v) is 9.39. The van der Waals surface area contributed by atoms with E-state index >= 15 is 0 Å². The molecule has 2 aliphatic heterocycles. The van der Waals surface area contributed by atoms with E-state index in [2.05, 4.69) is 5.32 Å². The van der Waals surface area contributed by atoms with Crippen molar-refractivity contribution in [3.63, 3.8) is 0 Å². The number of nitrogens with zero attached hydrogens (tertiary/aromatic N) is 1. The average Bonchev–Trinajstić information content (AvgIpc) is 3.04. The third-order valence-electron chi connectivity index (χ3n) is 5.04. The van der Waals surface area contributed by atoms with E-state index < -0.39 is 15.8 Å². The molecule has 0 aliphatic carbocycles. The third kappa shape index (κ3) is 3.05. The Labute approximate surface area is 131 Å². The molecular weight excluding hydrogens is 303 g/mol. The lowest BCUT2D eigenvalue weighted by Crippen LogP contribution is -2.40. The van der Waals surface area contributed by atoms with Gasteiger partial charge in [0.2, 0.25) is 10.0 Å². The SMILES string of the molecule is Cc1ccc(S(=O)(=O)N2CCC(C3CCNC3)CC2)cc1F. The predicted molar refractivity (Wildman–Crippen MR) is 83.6 cm³/mol. The smallest absolute Gasteiger partial charge is 0.243 e. The molecule has 0 aromatic heterocycles. The molecule has 1 atom stereocenters. The van der Waals surface area contributed by atoms with Gasteiger partial charge in [-0.1, -0.05) is 6.07 Å². The van der Waals surface area contributed by atoms with Gasteiger partial charge in [-0.15, -0.1) is 0 Å². The summed E-state index contributed by atoms with van der Waals surface area (Å²) in [5.74, 6) is 0.825. The van der Waals surface area contributed by atoms with Gasteiger partial charge in [-0.25, -0.2) is 12.8 Å². The van der Waals surface area contributed by atoms with Crippen LogP contribution in [0.25, 0.3) is 0 Å². The van der Waals surface area contributed by atoms with Gasteiger partial charge in [0.15, 0.2) is 0 Å². The summed E-state index contributed by atoms with van der Waals surface area (Å²) in [7, 11) is -3.57. The summed E-state index contributed by atoms with van der Waals surface area (Å²) in [4.78, 5) is 0.0663. The standard InChI is InChI=1S/C16H23FN2O2S/c1-12-2-3-15(10-16(12)17)22(20,21)19-8-5-13(6-9-19)14-4-7-18-11-14/h2-3,10,13-14,18H,4-9,11H2,1H3. The van der Waals surface area contributed by atoms with Crippen molar-refractivity contribution in [3.8, 4) is 0 Å². The highest BCUT2D eigenvalue weighted by molar-refractivity contribution is 7.89. The normalized spacial score (nSPS) is 24.7. The van der Waals surface area contributed by atoms with Crippen LogP contribution in [0, 0.1) is 24.6 Å². The van der Waals surface area contributed by atoms with Crippen LogP contribution < -0.4 is 5.32 Å². The van der Waals surface area contributed by atoms with Gasteiger partial charge in [0, 0.05) is 13.1 Å². The largest absolute Gasteiger partial charge is 0.316 e. The third-order valence-corrected chi connectivity index (χ3v) is 6.94. The lowest BCUT2D eigenvalue weighted by molar-refractivity contribution is 0.216. The van der Waals surface area contributed by atoms with Crippen LogP contribution in [-0.4, -0.2) is 38.9 Å².